The van der Waals surface area contributed by atoms with Crippen molar-refractivity contribution in [3.8, 4) is 0 Å². The third-order valence-corrected chi connectivity index (χ3v) is 5.52. The second kappa shape index (κ2) is 9.01. The number of morpholine rings is 2. The van der Waals surface area contributed by atoms with Crippen molar-refractivity contribution < 1.29 is 14.3 Å². The highest BCUT2D eigenvalue weighted by atomic mass is 35.5. The van der Waals surface area contributed by atoms with Gasteiger partial charge < -0.3 is 14.4 Å². The van der Waals surface area contributed by atoms with Gasteiger partial charge in [-0.1, -0.05) is 17.7 Å². The molecule has 28 heavy (non-hydrogen) atoms. The Hall–Kier alpha value is -1.99. The van der Waals surface area contributed by atoms with Crippen molar-refractivity contribution in [1.29, 1.82) is 0 Å². The van der Waals surface area contributed by atoms with E-state index in [4.69, 9.17) is 21.1 Å². The molecule has 7 heteroatoms. The van der Waals surface area contributed by atoms with E-state index in [0.717, 1.165) is 38.4 Å². The first-order valence-electron chi connectivity index (χ1n) is 9.60. The Bertz CT molecular complexity index is 781. The Balaban J connectivity index is 1.61. The van der Waals surface area contributed by atoms with Gasteiger partial charge in [-0.15, -0.1) is 0 Å². The fraction of sp³-hybridized carbons (Fsp3) is 0.429. The molecule has 0 unspecified atom stereocenters. The fourth-order valence-electron chi connectivity index (χ4n) is 3.86. The summed E-state index contributed by atoms with van der Waals surface area (Å²) in [5.74, 6) is -0.0132. The minimum absolute atomic E-state index is 0.0132. The van der Waals surface area contributed by atoms with Crippen LogP contribution in [-0.4, -0.2) is 72.8 Å². The lowest BCUT2D eigenvalue weighted by atomic mass is 9.97. The summed E-state index contributed by atoms with van der Waals surface area (Å²) in [6.45, 7) is 5.05. The van der Waals surface area contributed by atoms with E-state index in [1.54, 1.807) is 30.5 Å². The van der Waals surface area contributed by atoms with Gasteiger partial charge in [-0.3, -0.25) is 14.7 Å². The van der Waals surface area contributed by atoms with Crippen LogP contribution in [0.25, 0.3) is 0 Å². The van der Waals surface area contributed by atoms with Crippen molar-refractivity contribution in [3.63, 3.8) is 0 Å². The standard InChI is InChI=1S/C21H24ClN3O3/c22-18-5-3-16(4-6-18)21(26)25-10-13-28-19(15-24-8-11-27-12-9-24)20(25)17-2-1-7-23-14-17/h1-7,14,19-20H,8-13,15H2/t19-,20-/m0/s1. The zero-order valence-corrected chi connectivity index (χ0v) is 16.4. The lowest BCUT2D eigenvalue weighted by molar-refractivity contribution is -0.0819. The van der Waals surface area contributed by atoms with Crippen LogP contribution in [-0.2, 0) is 9.47 Å². The monoisotopic (exact) mass is 401 g/mol. The number of halogens is 1. The average Bonchev–Trinajstić information content (AvgIpc) is 2.75. The number of carbonyl (C=O) groups is 1. The van der Waals surface area contributed by atoms with Gasteiger partial charge in [-0.25, -0.2) is 0 Å². The Morgan fingerprint density at radius 1 is 1.11 bits per heavy atom. The summed E-state index contributed by atoms with van der Waals surface area (Å²) in [6.07, 6.45) is 3.45. The van der Waals surface area contributed by atoms with Crippen LogP contribution in [0.15, 0.2) is 48.8 Å². The Morgan fingerprint density at radius 2 is 1.89 bits per heavy atom. The molecule has 4 rings (SSSR count). The summed E-state index contributed by atoms with van der Waals surface area (Å²) in [4.78, 5) is 21.8. The summed E-state index contributed by atoms with van der Waals surface area (Å²) < 4.78 is 11.6. The molecule has 1 aromatic heterocycles. The second-order valence-corrected chi connectivity index (χ2v) is 7.50. The van der Waals surface area contributed by atoms with Gasteiger partial charge in [0.05, 0.1) is 32.0 Å². The maximum Gasteiger partial charge on any atom is 0.254 e. The van der Waals surface area contributed by atoms with Crippen molar-refractivity contribution in [1.82, 2.24) is 14.8 Å². The van der Waals surface area contributed by atoms with Crippen molar-refractivity contribution in [2.24, 2.45) is 0 Å². The fourth-order valence-corrected chi connectivity index (χ4v) is 3.98. The highest BCUT2D eigenvalue weighted by Gasteiger charge is 2.38. The molecule has 2 atom stereocenters. The Labute approximate surface area is 170 Å². The minimum Gasteiger partial charge on any atom is -0.379 e. The molecule has 1 aromatic carbocycles. The van der Waals surface area contributed by atoms with Crippen LogP contribution in [0.2, 0.25) is 5.02 Å². The quantitative estimate of drug-likeness (QED) is 0.788. The molecule has 0 spiro atoms. The van der Waals surface area contributed by atoms with Crippen LogP contribution < -0.4 is 0 Å². The molecule has 2 saturated heterocycles. The van der Waals surface area contributed by atoms with Gasteiger partial charge in [0.1, 0.15) is 0 Å². The number of pyridine rings is 1. The van der Waals surface area contributed by atoms with E-state index in [1.807, 2.05) is 23.2 Å². The third-order valence-electron chi connectivity index (χ3n) is 5.27. The van der Waals surface area contributed by atoms with E-state index >= 15 is 0 Å². The SMILES string of the molecule is O=C(c1ccc(Cl)cc1)N1CCO[C@@H](CN2CCOCC2)[C@@H]1c1cccnc1. The zero-order valence-electron chi connectivity index (χ0n) is 15.7. The first-order valence-corrected chi connectivity index (χ1v) is 9.98. The normalized spacial score (nSPS) is 23.5. The molecule has 2 aromatic rings. The van der Waals surface area contributed by atoms with Gasteiger partial charge in [0.15, 0.2) is 0 Å². The number of rotatable bonds is 4. The molecule has 6 nitrogen and oxygen atoms in total. The number of hydrogen-bond donors (Lipinski definition) is 0. The van der Waals surface area contributed by atoms with E-state index in [2.05, 4.69) is 9.88 Å². The van der Waals surface area contributed by atoms with Gasteiger partial charge in [-0.05, 0) is 35.9 Å². The molecule has 1 amide bonds. The number of hydrogen-bond acceptors (Lipinski definition) is 5. The van der Waals surface area contributed by atoms with Gasteiger partial charge in [0.25, 0.3) is 5.91 Å². The van der Waals surface area contributed by atoms with E-state index in [-0.39, 0.29) is 18.1 Å². The highest BCUT2D eigenvalue weighted by molar-refractivity contribution is 6.30. The smallest absolute Gasteiger partial charge is 0.254 e. The minimum atomic E-state index is -0.187. The van der Waals surface area contributed by atoms with E-state index in [9.17, 15) is 4.79 Å². The first kappa shape index (κ1) is 19.3. The lowest BCUT2D eigenvalue weighted by Crippen LogP contribution is -2.53. The van der Waals surface area contributed by atoms with Crippen LogP contribution in [0.4, 0.5) is 0 Å². The van der Waals surface area contributed by atoms with Gasteiger partial charge in [0.2, 0.25) is 0 Å². The largest absolute Gasteiger partial charge is 0.379 e. The molecule has 0 saturated carbocycles. The highest BCUT2D eigenvalue weighted by Crippen LogP contribution is 2.31. The molecule has 2 aliphatic heterocycles. The van der Waals surface area contributed by atoms with Crippen LogP contribution in [0, 0.1) is 0 Å². The van der Waals surface area contributed by atoms with E-state index < -0.39 is 0 Å². The predicted octanol–water partition coefficient (Wildman–Crippen LogP) is 2.65. The van der Waals surface area contributed by atoms with Gasteiger partial charge >= 0.3 is 0 Å². The number of carbonyl (C=O) groups excluding carboxylic acids is 1. The van der Waals surface area contributed by atoms with Crippen LogP contribution in [0.1, 0.15) is 22.0 Å². The zero-order chi connectivity index (χ0) is 19.3. The van der Waals surface area contributed by atoms with Crippen molar-refractivity contribution in [2.45, 2.75) is 12.1 Å². The number of aromatic nitrogens is 1. The van der Waals surface area contributed by atoms with Crippen LogP contribution >= 0.6 is 11.6 Å². The second-order valence-electron chi connectivity index (χ2n) is 7.06. The first-order chi connectivity index (χ1) is 13.7. The maximum atomic E-state index is 13.3. The van der Waals surface area contributed by atoms with Crippen molar-refractivity contribution in [2.75, 3.05) is 46.0 Å². The summed E-state index contributed by atoms with van der Waals surface area (Å²) in [7, 11) is 0. The Kier molecular flexibility index (Phi) is 6.22. The molecule has 0 aliphatic carbocycles. The molecule has 3 heterocycles. The number of benzene rings is 1. The molecule has 2 fully saturated rings. The van der Waals surface area contributed by atoms with Crippen molar-refractivity contribution >= 4 is 17.5 Å². The summed E-state index contributed by atoms with van der Waals surface area (Å²) >= 11 is 5.99. The molecule has 148 valence electrons. The number of ether oxygens (including phenoxy) is 2. The molecular formula is C21H24ClN3O3. The van der Waals surface area contributed by atoms with E-state index in [1.165, 1.54) is 0 Å². The van der Waals surface area contributed by atoms with Crippen LogP contribution in [0.5, 0.6) is 0 Å². The maximum absolute atomic E-state index is 13.3. The number of amides is 1. The average molecular weight is 402 g/mol. The van der Waals surface area contributed by atoms with Crippen molar-refractivity contribution in [3.05, 3.63) is 64.9 Å². The lowest BCUT2D eigenvalue weighted by Gasteiger charge is -2.43. The summed E-state index contributed by atoms with van der Waals surface area (Å²) in [5.41, 5.74) is 1.62. The summed E-state index contributed by atoms with van der Waals surface area (Å²) in [5, 5.41) is 0.618. The molecule has 0 N–H and O–H groups in total. The third kappa shape index (κ3) is 4.36. The van der Waals surface area contributed by atoms with E-state index in [0.29, 0.717) is 23.7 Å². The topological polar surface area (TPSA) is 54.9 Å². The molecule has 2 aliphatic rings. The molecule has 0 bridgehead atoms. The van der Waals surface area contributed by atoms with Gasteiger partial charge in [-0.2, -0.15) is 0 Å². The van der Waals surface area contributed by atoms with Crippen LogP contribution in [0.3, 0.4) is 0 Å². The predicted molar refractivity (Wildman–Crippen MR) is 106 cm³/mol. The van der Waals surface area contributed by atoms with Gasteiger partial charge in [0, 0.05) is 49.2 Å². The Morgan fingerprint density at radius 3 is 2.61 bits per heavy atom. The number of nitrogens with zero attached hydrogens (tertiary/aromatic N) is 3. The molecular weight excluding hydrogens is 378 g/mol. The molecule has 0 radical (unpaired) electrons. The summed E-state index contributed by atoms with van der Waals surface area (Å²) in [6, 6.07) is 10.8.